The van der Waals surface area contributed by atoms with Gasteiger partial charge in [0.2, 0.25) is 0 Å². The van der Waals surface area contributed by atoms with Gasteiger partial charge in [0.1, 0.15) is 0 Å². The van der Waals surface area contributed by atoms with Crippen LogP contribution in [0.25, 0.3) is 0 Å². The fraction of sp³-hybridized carbons (Fsp3) is 0.200. The van der Waals surface area contributed by atoms with E-state index in [1.807, 2.05) is 22.9 Å². The third-order valence-electron chi connectivity index (χ3n) is 0.718. The molecule has 1 aromatic heterocycles. The molecular weight excluding hydrogens is 148 g/mol. The summed E-state index contributed by atoms with van der Waals surface area (Å²) in [5.41, 5.74) is 0. The molecule has 0 amide bonds. The second-order valence-corrected chi connectivity index (χ2v) is 2.21. The van der Waals surface area contributed by atoms with Crippen LogP contribution < -0.4 is 0 Å². The maximum Gasteiger partial charge on any atom is 0.175 e. The highest BCUT2D eigenvalue weighted by Crippen LogP contribution is 1.91. The summed E-state index contributed by atoms with van der Waals surface area (Å²) in [6.07, 6.45) is 0. The maximum absolute atomic E-state index is 3.38. The van der Waals surface area contributed by atoms with Crippen molar-refractivity contribution < 1.29 is 0 Å². The van der Waals surface area contributed by atoms with E-state index in [-0.39, 0.29) is 0 Å². The molecule has 0 N–H and O–H groups in total. The molecule has 0 unspecified atom stereocenters. The van der Waals surface area contributed by atoms with Crippen LogP contribution in [0.1, 0.15) is 0 Å². The van der Waals surface area contributed by atoms with Crippen molar-refractivity contribution in [3.8, 4) is 0 Å². The Bertz CT molecular complexity index is 176. The number of hydrogen-bond acceptors (Lipinski definition) is 5. The fourth-order valence-corrected chi connectivity index (χ4v) is 0.822. The van der Waals surface area contributed by atoms with Crippen molar-refractivity contribution in [1.82, 2.24) is 0 Å². The van der Waals surface area contributed by atoms with Gasteiger partial charge in [-0.15, -0.1) is 10.2 Å². The van der Waals surface area contributed by atoms with E-state index in [1.165, 1.54) is 0 Å². The molecule has 0 spiro atoms. The standard InChI is InChI=1S/C4H4S.CH2N4/c2*1-2-4-5-3-1/h1-4H;1H2. The van der Waals surface area contributed by atoms with E-state index in [0.29, 0.717) is 6.67 Å². The lowest BCUT2D eigenvalue weighted by Crippen LogP contribution is -1.52. The molecule has 0 saturated heterocycles. The zero-order valence-electron chi connectivity index (χ0n) is 5.21. The van der Waals surface area contributed by atoms with Crippen LogP contribution in [0.3, 0.4) is 0 Å². The van der Waals surface area contributed by atoms with Crippen molar-refractivity contribution in [2.75, 3.05) is 6.67 Å². The van der Waals surface area contributed by atoms with E-state index in [4.69, 9.17) is 0 Å². The monoisotopic (exact) mass is 154 g/mol. The lowest BCUT2D eigenvalue weighted by molar-refractivity contribution is 1.05. The van der Waals surface area contributed by atoms with Gasteiger partial charge in [-0.2, -0.15) is 11.3 Å². The van der Waals surface area contributed by atoms with Crippen LogP contribution in [0, 0.1) is 0 Å². The Hall–Kier alpha value is -1.10. The molecule has 1 aliphatic rings. The molecule has 0 fully saturated rings. The van der Waals surface area contributed by atoms with Crippen LogP contribution in [-0.2, 0) is 0 Å². The summed E-state index contributed by atoms with van der Waals surface area (Å²) in [5.74, 6) is 0. The molecule has 0 bridgehead atoms. The van der Waals surface area contributed by atoms with Gasteiger partial charge in [-0.25, -0.2) is 0 Å². The smallest absolute Gasteiger partial charge is 0.152 e. The third-order valence-corrected chi connectivity index (χ3v) is 1.35. The van der Waals surface area contributed by atoms with Gasteiger partial charge in [0.05, 0.1) is 0 Å². The molecule has 52 valence electrons. The van der Waals surface area contributed by atoms with Crippen LogP contribution in [-0.4, -0.2) is 6.67 Å². The first-order chi connectivity index (χ1) is 5.00. The minimum atomic E-state index is 0.417. The van der Waals surface area contributed by atoms with Crippen LogP contribution in [0.2, 0.25) is 0 Å². The Morgan fingerprint density at radius 1 is 1.00 bits per heavy atom. The largest absolute Gasteiger partial charge is 0.175 e. The maximum atomic E-state index is 3.38. The Morgan fingerprint density at radius 2 is 1.60 bits per heavy atom. The summed E-state index contributed by atoms with van der Waals surface area (Å²) < 4.78 is 0. The predicted octanol–water partition coefficient (Wildman–Crippen LogP) is 2.53. The van der Waals surface area contributed by atoms with Crippen LogP contribution in [0.5, 0.6) is 0 Å². The van der Waals surface area contributed by atoms with Crippen LogP contribution >= 0.6 is 11.3 Å². The second-order valence-electron chi connectivity index (χ2n) is 1.40. The summed E-state index contributed by atoms with van der Waals surface area (Å²) >= 11 is 1.71. The predicted molar refractivity (Wildman–Crippen MR) is 38.9 cm³/mol. The van der Waals surface area contributed by atoms with Gasteiger partial charge in [-0.05, 0) is 21.2 Å². The number of nitrogens with zero attached hydrogens (tertiary/aromatic N) is 4. The Morgan fingerprint density at radius 3 is 1.80 bits per heavy atom. The van der Waals surface area contributed by atoms with Gasteiger partial charge in [-0.3, -0.25) is 0 Å². The topological polar surface area (TPSA) is 49.4 Å². The van der Waals surface area contributed by atoms with E-state index in [9.17, 15) is 0 Å². The van der Waals surface area contributed by atoms with Gasteiger partial charge >= 0.3 is 0 Å². The van der Waals surface area contributed by atoms with E-state index in [1.54, 1.807) is 11.3 Å². The van der Waals surface area contributed by atoms with Crippen molar-refractivity contribution >= 4 is 11.3 Å². The highest BCUT2D eigenvalue weighted by atomic mass is 32.1. The van der Waals surface area contributed by atoms with Gasteiger partial charge < -0.3 is 0 Å². The molecule has 10 heavy (non-hydrogen) atoms. The van der Waals surface area contributed by atoms with Gasteiger partial charge in [-0.1, -0.05) is 12.1 Å². The lowest BCUT2D eigenvalue weighted by Gasteiger charge is -1.52. The van der Waals surface area contributed by atoms with E-state index in [2.05, 4.69) is 20.7 Å². The minimum absolute atomic E-state index is 0.417. The SMILES string of the molecule is C1N=NN=N1.c1ccsc1. The quantitative estimate of drug-likeness (QED) is 0.551. The highest BCUT2D eigenvalue weighted by molar-refractivity contribution is 7.07. The zero-order valence-corrected chi connectivity index (χ0v) is 6.03. The molecular formula is C5H6N4S. The Balaban J connectivity index is 0.0000001000. The van der Waals surface area contributed by atoms with Gasteiger partial charge in [0.25, 0.3) is 0 Å². The third kappa shape index (κ3) is 3.03. The summed E-state index contributed by atoms with van der Waals surface area (Å²) in [5, 5.41) is 17.2. The normalized spacial score (nSPS) is 12.8. The molecule has 1 aromatic rings. The Kier molecular flexibility index (Phi) is 3.33. The van der Waals surface area contributed by atoms with Crippen molar-refractivity contribution in [2.24, 2.45) is 20.7 Å². The summed E-state index contributed by atoms with van der Waals surface area (Å²) in [4.78, 5) is 0. The first kappa shape index (κ1) is 7.01. The molecule has 0 atom stereocenters. The van der Waals surface area contributed by atoms with Crippen LogP contribution in [0.4, 0.5) is 0 Å². The van der Waals surface area contributed by atoms with E-state index < -0.39 is 0 Å². The van der Waals surface area contributed by atoms with Gasteiger partial charge in [0, 0.05) is 0 Å². The molecule has 5 heteroatoms. The first-order valence-electron chi connectivity index (χ1n) is 2.70. The van der Waals surface area contributed by atoms with Crippen molar-refractivity contribution in [3.63, 3.8) is 0 Å². The summed E-state index contributed by atoms with van der Waals surface area (Å²) in [6.45, 7) is 0.417. The second kappa shape index (κ2) is 4.75. The average Bonchev–Trinajstić information content (AvgIpc) is 2.67. The van der Waals surface area contributed by atoms with E-state index >= 15 is 0 Å². The minimum Gasteiger partial charge on any atom is -0.152 e. The highest BCUT2D eigenvalue weighted by Gasteiger charge is 1.76. The number of rotatable bonds is 0. The molecule has 0 aliphatic carbocycles. The van der Waals surface area contributed by atoms with Crippen molar-refractivity contribution in [2.45, 2.75) is 0 Å². The zero-order chi connectivity index (χ0) is 7.07. The average molecular weight is 154 g/mol. The molecule has 0 saturated carbocycles. The Labute approximate surface area is 62.3 Å². The number of hydrogen-bond donors (Lipinski definition) is 0. The summed E-state index contributed by atoms with van der Waals surface area (Å²) in [7, 11) is 0. The number of thiophene rings is 1. The molecule has 2 rings (SSSR count). The van der Waals surface area contributed by atoms with Crippen molar-refractivity contribution in [1.29, 1.82) is 0 Å². The molecule has 2 heterocycles. The lowest BCUT2D eigenvalue weighted by atomic mass is 10.7. The first-order valence-corrected chi connectivity index (χ1v) is 3.65. The molecule has 4 nitrogen and oxygen atoms in total. The van der Waals surface area contributed by atoms with Crippen LogP contribution in [0.15, 0.2) is 43.6 Å². The molecule has 0 radical (unpaired) electrons. The van der Waals surface area contributed by atoms with Gasteiger partial charge in [0.15, 0.2) is 6.67 Å². The molecule has 0 aromatic carbocycles. The van der Waals surface area contributed by atoms with E-state index in [0.717, 1.165) is 0 Å². The molecule has 1 aliphatic heterocycles. The fourth-order valence-electron chi connectivity index (χ4n) is 0.368. The van der Waals surface area contributed by atoms with Crippen molar-refractivity contribution in [3.05, 3.63) is 22.9 Å². The summed E-state index contributed by atoms with van der Waals surface area (Å²) in [6, 6.07) is 4.04.